The molecule has 34 heavy (non-hydrogen) atoms. The minimum Gasteiger partial charge on any atom is -0.300 e. The molecule has 176 valence electrons. The van der Waals surface area contributed by atoms with Gasteiger partial charge in [-0.2, -0.15) is 0 Å². The van der Waals surface area contributed by atoms with Crippen molar-refractivity contribution >= 4 is 39.9 Å². The number of nitrogens with zero attached hydrogens (tertiary/aromatic N) is 4. The predicted molar refractivity (Wildman–Crippen MR) is 123 cm³/mol. The number of hydrogen-bond donors (Lipinski definition) is 1. The lowest BCUT2D eigenvalue weighted by Gasteiger charge is -2.27. The van der Waals surface area contributed by atoms with E-state index >= 15 is 0 Å². The van der Waals surface area contributed by atoms with Crippen molar-refractivity contribution < 1.29 is 19.3 Å². The third kappa shape index (κ3) is 3.69. The molecule has 5 rings (SSSR count). The highest BCUT2D eigenvalue weighted by Crippen LogP contribution is 2.54. The molecule has 2 aliphatic carbocycles. The number of non-ortho nitro benzene ring substituents is 1. The van der Waals surface area contributed by atoms with Crippen LogP contribution in [-0.4, -0.2) is 37.7 Å². The van der Waals surface area contributed by atoms with E-state index in [-0.39, 0.29) is 41.7 Å². The standard InChI is InChI=1S/C23H23N5O5S/c1-11(2)20-25-26-23(34-20)24-17(29)10-16(12-5-7-15(8-6-12)28(32)33)27-21(30)18-13-3-4-14(9-13)19(18)22(27)31/h3-8,11,13-14,16,18-19H,9-10H2,1-2H3,(H,24,26,29). The summed E-state index contributed by atoms with van der Waals surface area (Å²) in [6, 6.07) is 4.76. The Hall–Kier alpha value is -3.47. The number of fused-ring (bicyclic) bond motifs is 5. The number of amides is 3. The predicted octanol–water partition coefficient (Wildman–Crippen LogP) is 3.45. The third-order valence-electron chi connectivity index (χ3n) is 6.86. The molecule has 1 aliphatic heterocycles. The Morgan fingerprint density at radius 2 is 1.76 bits per heavy atom. The second kappa shape index (κ2) is 8.39. The Bertz CT molecular complexity index is 1180. The van der Waals surface area contributed by atoms with E-state index in [1.54, 1.807) is 0 Å². The van der Waals surface area contributed by atoms with Gasteiger partial charge in [0.15, 0.2) is 0 Å². The SMILES string of the molecule is CC(C)c1nnc(NC(=O)CC(c2ccc([N+](=O)[O-])cc2)N2C(=O)C3C4C=CC(C4)C3C2=O)s1. The van der Waals surface area contributed by atoms with E-state index in [9.17, 15) is 24.5 Å². The maximum Gasteiger partial charge on any atom is 0.269 e. The van der Waals surface area contributed by atoms with Crippen molar-refractivity contribution in [1.82, 2.24) is 15.1 Å². The summed E-state index contributed by atoms with van der Waals surface area (Å²) in [5, 5.41) is 23.0. The maximum absolute atomic E-state index is 13.4. The van der Waals surface area contributed by atoms with Gasteiger partial charge in [-0.3, -0.25) is 29.4 Å². The van der Waals surface area contributed by atoms with Crippen LogP contribution in [0.15, 0.2) is 36.4 Å². The number of carbonyl (C=O) groups is 3. The average molecular weight is 482 g/mol. The first-order valence-corrected chi connectivity index (χ1v) is 12.0. The van der Waals surface area contributed by atoms with Gasteiger partial charge in [-0.1, -0.05) is 49.5 Å². The molecule has 2 heterocycles. The molecule has 1 aromatic carbocycles. The van der Waals surface area contributed by atoms with Gasteiger partial charge in [-0.05, 0) is 23.8 Å². The van der Waals surface area contributed by atoms with Gasteiger partial charge in [0.25, 0.3) is 5.69 Å². The molecule has 1 saturated carbocycles. The van der Waals surface area contributed by atoms with Crippen LogP contribution in [0.25, 0.3) is 0 Å². The van der Waals surface area contributed by atoms with Crippen molar-refractivity contribution in [2.45, 2.75) is 38.6 Å². The van der Waals surface area contributed by atoms with E-state index in [0.717, 1.165) is 11.4 Å². The molecule has 5 atom stereocenters. The van der Waals surface area contributed by atoms with Crippen LogP contribution in [0.2, 0.25) is 0 Å². The minimum absolute atomic E-state index is 0.0404. The van der Waals surface area contributed by atoms with Gasteiger partial charge >= 0.3 is 0 Å². The zero-order valence-electron chi connectivity index (χ0n) is 18.6. The summed E-state index contributed by atoms with van der Waals surface area (Å²) in [5.74, 6) is -1.53. The lowest BCUT2D eigenvalue weighted by atomic mass is 9.85. The van der Waals surface area contributed by atoms with E-state index in [2.05, 4.69) is 15.5 Å². The van der Waals surface area contributed by atoms with Crippen molar-refractivity contribution in [3.63, 3.8) is 0 Å². The Labute approximate surface area is 199 Å². The van der Waals surface area contributed by atoms with E-state index in [4.69, 9.17) is 0 Å². The average Bonchev–Trinajstić information content (AvgIpc) is 3.57. The first-order valence-electron chi connectivity index (χ1n) is 11.2. The summed E-state index contributed by atoms with van der Waals surface area (Å²) in [5.41, 5.74) is 0.378. The number of allylic oxidation sites excluding steroid dienone is 2. The molecular weight excluding hydrogens is 458 g/mol. The van der Waals surface area contributed by atoms with Crippen LogP contribution in [0.5, 0.6) is 0 Å². The second-order valence-electron chi connectivity index (χ2n) is 9.26. The van der Waals surface area contributed by atoms with Crippen molar-refractivity contribution in [2.24, 2.45) is 23.7 Å². The Morgan fingerprint density at radius 1 is 1.15 bits per heavy atom. The highest BCUT2D eigenvalue weighted by atomic mass is 32.1. The summed E-state index contributed by atoms with van der Waals surface area (Å²) < 4.78 is 0. The molecule has 5 unspecified atom stereocenters. The molecule has 1 N–H and O–H groups in total. The first kappa shape index (κ1) is 22.3. The van der Waals surface area contributed by atoms with Crippen molar-refractivity contribution in [1.29, 1.82) is 0 Å². The number of nitro groups is 1. The van der Waals surface area contributed by atoms with Crippen LogP contribution in [0.1, 0.15) is 49.2 Å². The summed E-state index contributed by atoms with van der Waals surface area (Å²) in [4.78, 5) is 51.6. The molecule has 0 spiro atoms. The van der Waals surface area contributed by atoms with Crippen molar-refractivity contribution in [2.75, 3.05) is 5.32 Å². The van der Waals surface area contributed by atoms with Gasteiger partial charge in [0.05, 0.1) is 29.2 Å². The number of imide groups is 1. The number of likely N-dealkylation sites (tertiary alicyclic amines) is 1. The molecule has 2 aromatic rings. The van der Waals surface area contributed by atoms with Crippen LogP contribution in [0.4, 0.5) is 10.8 Å². The number of benzene rings is 1. The number of hydrogen-bond acceptors (Lipinski definition) is 8. The molecule has 1 saturated heterocycles. The molecule has 10 nitrogen and oxygen atoms in total. The normalized spacial score (nSPS) is 25.8. The fourth-order valence-corrected chi connectivity index (χ4v) is 6.04. The number of aromatic nitrogens is 2. The summed E-state index contributed by atoms with van der Waals surface area (Å²) in [6.07, 6.45) is 4.64. The van der Waals surface area contributed by atoms with Crippen LogP contribution >= 0.6 is 11.3 Å². The van der Waals surface area contributed by atoms with Crippen LogP contribution in [0, 0.1) is 33.8 Å². The van der Waals surface area contributed by atoms with Crippen LogP contribution in [0.3, 0.4) is 0 Å². The number of anilines is 1. The van der Waals surface area contributed by atoms with Crippen molar-refractivity contribution in [3.05, 3.63) is 57.1 Å². The molecule has 2 bridgehead atoms. The van der Waals surface area contributed by atoms with Crippen LogP contribution < -0.4 is 5.32 Å². The summed E-state index contributed by atoms with van der Waals surface area (Å²) >= 11 is 1.27. The van der Waals surface area contributed by atoms with Gasteiger partial charge < -0.3 is 5.32 Å². The van der Waals surface area contributed by atoms with E-state index in [1.165, 1.54) is 40.5 Å². The number of carbonyl (C=O) groups excluding carboxylic acids is 3. The van der Waals surface area contributed by atoms with Gasteiger partial charge in [0.2, 0.25) is 22.9 Å². The Morgan fingerprint density at radius 3 is 2.29 bits per heavy atom. The summed E-state index contributed by atoms with van der Waals surface area (Å²) in [6.45, 7) is 3.94. The highest BCUT2D eigenvalue weighted by Gasteiger charge is 2.60. The maximum atomic E-state index is 13.4. The highest BCUT2D eigenvalue weighted by molar-refractivity contribution is 7.15. The van der Waals surface area contributed by atoms with Crippen molar-refractivity contribution in [3.8, 4) is 0 Å². The molecule has 3 aliphatic rings. The smallest absolute Gasteiger partial charge is 0.269 e. The topological polar surface area (TPSA) is 135 Å². The Balaban J connectivity index is 1.43. The molecule has 2 fully saturated rings. The van der Waals surface area contributed by atoms with E-state index < -0.39 is 28.7 Å². The molecule has 3 amide bonds. The molecule has 11 heteroatoms. The molecule has 0 radical (unpaired) electrons. The van der Waals surface area contributed by atoms with Crippen LogP contribution in [-0.2, 0) is 14.4 Å². The fraction of sp³-hybridized carbons (Fsp3) is 0.435. The van der Waals surface area contributed by atoms with Gasteiger partial charge in [-0.15, -0.1) is 10.2 Å². The lowest BCUT2D eigenvalue weighted by molar-refractivity contribution is -0.384. The zero-order chi connectivity index (χ0) is 24.1. The zero-order valence-corrected chi connectivity index (χ0v) is 19.4. The fourth-order valence-electron chi connectivity index (χ4n) is 5.27. The number of nitro benzene ring substituents is 1. The molecule has 1 aromatic heterocycles. The van der Waals surface area contributed by atoms with Gasteiger partial charge in [0.1, 0.15) is 5.01 Å². The summed E-state index contributed by atoms with van der Waals surface area (Å²) in [7, 11) is 0. The lowest BCUT2D eigenvalue weighted by Crippen LogP contribution is -2.38. The first-order chi connectivity index (χ1) is 16.2. The second-order valence-corrected chi connectivity index (χ2v) is 10.3. The monoisotopic (exact) mass is 481 g/mol. The third-order valence-corrected chi connectivity index (χ3v) is 8.00. The quantitative estimate of drug-likeness (QED) is 0.277. The number of nitrogens with one attached hydrogen (secondary N) is 1. The number of rotatable bonds is 7. The minimum atomic E-state index is -0.872. The van der Waals surface area contributed by atoms with Gasteiger partial charge in [-0.25, -0.2) is 0 Å². The largest absolute Gasteiger partial charge is 0.300 e. The van der Waals surface area contributed by atoms with E-state index in [1.807, 2.05) is 26.0 Å². The Kier molecular flexibility index (Phi) is 5.51. The molecular formula is C23H23N5O5S. The van der Waals surface area contributed by atoms with E-state index in [0.29, 0.717) is 10.7 Å². The van der Waals surface area contributed by atoms with Gasteiger partial charge in [0, 0.05) is 18.1 Å².